The summed E-state index contributed by atoms with van der Waals surface area (Å²) in [4.78, 5) is 11.1. The minimum atomic E-state index is -0.440. The van der Waals surface area contributed by atoms with E-state index in [4.69, 9.17) is 10.5 Å². The summed E-state index contributed by atoms with van der Waals surface area (Å²) in [6, 6.07) is 6.59. The Morgan fingerprint density at radius 3 is 2.46 bits per heavy atom. The Balaban J connectivity index is 1.44. The molecule has 0 aromatic heterocycles. The third-order valence-electron chi connectivity index (χ3n) is 7.14. The highest BCUT2D eigenvalue weighted by atomic mass is 79.9. The van der Waals surface area contributed by atoms with E-state index >= 15 is 0 Å². The zero-order chi connectivity index (χ0) is 18.3. The molecule has 5 heteroatoms. The highest BCUT2D eigenvalue weighted by Crippen LogP contribution is 2.60. The maximum Gasteiger partial charge on any atom is 0.255 e. The molecule has 0 radical (unpaired) electrons. The lowest BCUT2D eigenvalue weighted by Gasteiger charge is -2.57. The number of hydrogen-bond donors (Lipinski definition) is 2. The number of nitrogens with two attached hydrogens (primary N) is 2. The third-order valence-corrected chi connectivity index (χ3v) is 7.63. The Morgan fingerprint density at radius 2 is 1.88 bits per heavy atom. The number of benzene rings is 1. The molecule has 4 aliphatic rings. The molecule has 0 unspecified atom stereocenters. The molecule has 1 amide bonds. The average molecular weight is 422 g/mol. The Bertz CT molecular complexity index is 655. The first kappa shape index (κ1) is 18.3. The average Bonchev–Trinajstić information content (AvgIpc) is 2.57. The molecule has 4 nitrogen and oxygen atoms in total. The summed E-state index contributed by atoms with van der Waals surface area (Å²) < 4.78 is 6.66. The molecule has 142 valence electrons. The molecule has 0 saturated heterocycles. The van der Waals surface area contributed by atoms with Gasteiger partial charge in [0.15, 0.2) is 6.61 Å². The van der Waals surface area contributed by atoms with Crippen molar-refractivity contribution in [2.45, 2.75) is 58.0 Å². The van der Waals surface area contributed by atoms with Gasteiger partial charge in [0.1, 0.15) is 12.3 Å². The molecule has 26 heavy (non-hydrogen) atoms. The van der Waals surface area contributed by atoms with Gasteiger partial charge in [-0.15, -0.1) is 0 Å². The van der Waals surface area contributed by atoms with Gasteiger partial charge in [0, 0.05) is 15.5 Å². The van der Waals surface area contributed by atoms with Gasteiger partial charge in [-0.05, 0) is 81.4 Å². The van der Waals surface area contributed by atoms with Crippen LogP contribution in [0.15, 0.2) is 22.7 Å². The van der Waals surface area contributed by atoms with Crippen molar-refractivity contribution in [1.82, 2.24) is 0 Å². The summed E-state index contributed by atoms with van der Waals surface area (Å²) in [7, 11) is 0. The lowest BCUT2D eigenvalue weighted by molar-refractivity contribution is -0.717. The van der Waals surface area contributed by atoms with Crippen LogP contribution < -0.4 is 15.8 Å². The number of carbonyl (C=O) groups is 1. The smallest absolute Gasteiger partial charge is 0.255 e. The fourth-order valence-electron chi connectivity index (χ4n) is 6.29. The summed E-state index contributed by atoms with van der Waals surface area (Å²) in [6.07, 6.45) is 8.76. The summed E-state index contributed by atoms with van der Waals surface area (Å²) >= 11 is 3.55. The minimum absolute atomic E-state index is 0.0703. The van der Waals surface area contributed by atoms with Crippen LogP contribution in [0.4, 0.5) is 0 Å². The highest BCUT2D eigenvalue weighted by Gasteiger charge is 2.54. The van der Waals surface area contributed by atoms with E-state index in [1.807, 2.05) is 12.1 Å². The number of quaternary nitrogens is 1. The fraction of sp³-hybridized carbons (Fsp3) is 0.667. The zero-order valence-corrected chi connectivity index (χ0v) is 17.1. The first-order valence-electron chi connectivity index (χ1n) is 9.96. The maximum atomic E-state index is 11.1. The molecule has 0 heterocycles. The van der Waals surface area contributed by atoms with Crippen molar-refractivity contribution in [1.29, 1.82) is 0 Å². The Kier molecular flexibility index (Phi) is 5.04. The topological polar surface area (TPSA) is 68.9 Å². The van der Waals surface area contributed by atoms with Crippen molar-refractivity contribution in [3.05, 3.63) is 28.2 Å². The van der Waals surface area contributed by atoms with E-state index in [1.54, 1.807) is 0 Å². The normalized spacial score (nSPS) is 33.2. The van der Waals surface area contributed by atoms with Gasteiger partial charge in [-0.1, -0.05) is 15.9 Å². The number of amides is 1. The Morgan fingerprint density at radius 1 is 1.27 bits per heavy atom. The molecule has 4 saturated carbocycles. The summed E-state index contributed by atoms with van der Waals surface area (Å²) in [6.45, 7) is 3.23. The molecule has 1 aromatic carbocycles. The summed E-state index contributed by atoms with van der Waals surface area (Å²) in [5.74, 6) is 3.28. The molecule has 1 atom stereocenters. The standard InChI is InChI=1S/C21H29BrN2O2/c1-13(21-8-14-4-15(9-21)6-16(5-14)10-21)24-11-17-7-18(22)2-3-19(17)26-12-20(23)25/h2-3,7,13-16,24H,4-6,8-12H2,1H3,(H2,23,25)/p+1/t13-,14?,15?,16?,21?/m0/s1. The summed E-state index contributed by atoms with van der Waals surface area (Å²) in [5.41, 5.74) is 6.89. The van der Waals surface area contributed by atoms with E-state index in [1.165, 1.54) is 38.5 Å². The second kappa shape index (κ2) is 7.16. The summed E-state index contributed by atoms with van der Waals surface area (Å²) in [5, 5.41) is 2.49. The second-order valence-corrected chi connectivity index (χ2v) is 9.93. The van der Waals surface area contributed by atoms with Gasteiger partial charge in [-0.2, -0.15) is 0 Å². The molecular weight excluding hydrogens is 392 g/mol. The van der Waals surface area contributed by atoms with Crippen molar-refractivity contribution in [3.63, 3.8) is 0 Å². The monoisotopic (exact) mass is 421 g/mol. The predicted octanol–water partition coefficient (Wildman–Crippen LogP) is 2.98. The number of primary amides is 1. The lowest BCUT2D eigenvalue weighted by Crippen LogP contribution is -2.91. The first-order valence-corrected chi connectivity index (χ1v) is 10.8. The minimum Gasteiger partial charge on any atom is -0.483 e. The van der Waals surface area contributed by atoms with Crippen molar-refractivity contribution in [2.24, 2.45) is 28.9 Å². The van der Waals surface area contributed by atoms with Gasteiger partial charge in [-0.3, -0.25) is 4.79 Å². The molecule has 0 spiro atoms. The van der Waals surface area contributed by atoms with E-state index in [0.29, 0.717) is 11.5 Å². The van der Waals surface area contributed by atoms with Crippen LogP contribution in [0, 0.1) is 23.2 Å². The molecule has 0 aliphatic heterocycles. The molecule has 5 rings (SSSR count). The maximum absolute atomic E-state index is 11.1. The van der Waals surface area contributed by atoms with Crippen LogP contribution >= 0.6 is 15.9 Å². The number of hydrogen-bond acceptors (Lipinski definition) is 2. The van der Waals surface area contributed by atoms with E-state index < -0.39 is 5.91 Å². The number of carbonyl (C=O) groups excluding carboxylic acids is 1. The quantitative estimate of drug-likeness (QED) is 0.710. The number of ether oxygens (including phenoxy) is 1. The van der Waals surface area contributed by atoms with Crippen LogP contribution in [0.2, 0.25) is 0 Å². The lowest BCUT2D eigenvalue weighted by atomic mass is 9.48. The number of rotatable bonds is 7. The zero-order valence-electron chi connectivity index (χ0n) is 15.5. The molecular formula is C21H30BrN2O2+. The van der Waals surface area contributed by atoms with Crippen LogP contribution in [-0.4, -0.2) is 18.6 Å². The molecule has 4 N–H and O–H groups in total. The Labute approximate surface area is 164 Å². The second-order valence-electron chi connectivity index (χ2n) is 9.02. The fourth-order valence-corrected chi connectivity index (χ4v) is 6.69. The van der Waals surface area contributed by atoms with Crippen LogP contribution in [0.25, 0.3) is 0 Å². The van der Waals surface area contributed by atoms with Crippen LogP contribution in [0.5, 0.6) is 5.75 Å². The molecule has 4 bridgehead atoms. The van der Waals surface area contributed by atoms with Gasteiger partial charge >= 0.3 is 0 Å². The van der Waals surface area contributed by atoms with Crippen molar-refractivity contribution in [3.8, 4) is 5.75 Å². The van der Waals surface area contributed by atoms with Gasteiger partial charge in [0.25, 0.3) is 5.91 Å². The SMILES string of the molecule is C[C@H]([NH2+]Cc1cc(Br)ccc1OCC(N)=O)C12CC3CC(CC(C3)C1)C2. The van der Waals surface area contributed by atoms with Crippen molar-refractivity contribution in [2.75, 3.05) is 6.61 Å². The molecule has 4 fully saturated rings. The van der Waals surface area contributed by atoms with Gasteiger partial charge < -0.3 is 15.8 Å². The van der Waals surface area contributed by atoms with Crippen LogP contribution in [-0.2, 0) is 11.3 Å². The first-order chi connectivity index (χ1) is 12.4. The van der Waals surface area contributed by atoms with Crippen molar-refractivity contribution < 1.29 is 14.8 Å². The highest BCUT2D eigenvalue weighted by molar-refractivity contribution is 9.10. The van der Waals surface area contributed by atoms with Gasteiger partial charge in [0.05, 0.1) is 6.04 Å². The van der Waals surface area contributed by atoms with Crippen LogP contribution in [0.3, 0.4) is 0 Å². The number of halogens is 1. The third kappa shape index (κ3) is 3.65. The van der Waals surface area contributed by atoms with E-state index in [9.17, 15) is 4.79 Å². The molecule has 4 aliphatic carbocycles. The van der Waals surface area contributed by atoms with E-state index in [2.05, 4.69) is 34.2 Å². The Hall–Kier alpha value is -1.07. The van der Waals surface area contributed by atoms with Crippen molar-refractivity contribution >= 4 is 21.8 Å². The predicted molar refractivity (Wildman–Crippen MR) is 105 cm³/mol. The largest absolute Gasteiger partial charge is 0.483 e. The van der Waals surface area contributed by atoms with Gasteiger partial charge in [-0.25, -0.2) is 0 Å². The van der Waals surface area contributed by atoms with E-state index in [0.717, 1.165) is 40.1 Å². The van der Waals surface area contributed by atoms with Gasteiger partial charge in [0.2, 0.25) is 0 Å². The molecule has 1 aromatic rings. The van der Waals surface area contributed by atoms with E-state index in [-0.39, 0.29) is 6.61 Å². The van der Waals surface area contributed by atoms with Crippen LogP contribution in [0.1, 0.15) is 51.0 Å².